The molecule has 0 rings (SSSR count). The highest BCUT2D eigenvalue weighted by atomic mass is 31.2. The van der Waals surface area contributed by atoms with Crippen LogP contribution in [0.15, 0.2) is 12.7 Å². The first-order valence-electron chi connectivity index (χ1n) is 3.84. The van der Waals surface area contributed by atoms with Gasteiger partial charge in [0.15, 0.2) is 0 Å². The van der Waals surface area contributed by atoms with Crippen molar-refractivity contribution in [1.82, 2.24) is 0 Å². The zero-order valence-corrected chi connectivity index (χ0v) is 8.68. The van der Waals surface area contributed by atoms with Gasteiger partial charge in [0, 0.05) is 6.08 Å². The highest BCUT2D eigenvalue weighted by molar-refractivity contribution is 7.52. The molecule has 0 heterocycles. The smallest absolute Gasteiger partial charge is 0.336 e. The quantitative estimate of drug-likeness (QED) is 0.276. The van der Waals surface area contributed by atoms with Crippen molar-refractivity contribution >= 4 is 19.5 Å². The van der Waals surface area contributed by atoms with E-state index in [-0.39, 0.29) is 13.2 Å². The third-order valence-corrected chi connectivity index (χ3v) is 1.76. The van der Waals surface area contributed by atoms with E-state index in [0.29, 0.717) is 0 Å². The molecule has 0 aliphatic carbocycles. The lowest BCUT2D eigenvalue weighted by Gasteiger charge is -2.05. The lowest BCUT2D eigenvalue weighted by molar-refractivity contribution is -0.147. The predicted octanol–water partition coefficient (Wildman–Crippen LogP) is -0.564. The summed E-state index contributed by atoms with van der Waals surface area (Å²) in [5, 5.41) is 0. The van der Waals surface area contributed by atoms with Crippen molar-refractivity contribution < 1.29 is 33.4 Å². The van der Waals surface area contributed by atoms with Crippen molar-refractivity contribution in [3.05, 3.63) is 12.7 Å². The van der Waals surface area contributed by atoms with Gasteiger partial charge in [-0.1, -0.05) is 6.58 Å². The molecule has 0 aromatic carbocycles. The van der Waals surface area contributed by atoms with Gasteiger partial charge in [0.1, 0.15) is 19.4 Å². The van der Waals surface area contributed by atoms with Gasteiger partial charge in [0.25, 0.3) is 0 Å². The minimum absolute atomic E-state index is 0.183. The van der Waals surface area contributed by atoms with E-state index < -0.39 is 25.7 Å². The van der Waals surface area contributed by atoms with Gasteiger partial charge in [-0.05, 0) is 0 Å². The van der Waals surface area contributed by atoms with Gasteiger partial charge in [0.05, 0.1) is 0 Å². The second kappa shape index (κ2) is 6.34. The fourth-order valence-corrected chi connectivity index (χ4v) is 0.998. The Hall–Kier alpha value is -1.17. The Labute approximate surface area is 85.8 Å². The van der Waals surface area contributed by atoms with Crippen molar-refractivity contribution in [3.63, 3.8) is 0 Å². The van der Waals surface area contributed by atoms with E-state index in [0.717, 1.165) is 6.08 Å². The van der Waals surface area contributed by atoms with E-state index in [1.807, 2.05) is 0 Å². The number of esters is 2. The van der Waals surface area contributed by atoms with E-state index in [1.165, 1.54) is 0 Å². The first-order valence-corrected chi connectivity index (χ1v) is 5.64. The molecule has 0 atom stereocenters. The van der Waals surface area contributed by atoms with Crippen molar-refractivity contribution in [3.8, 4) is 0 Å². The van der Waals surface area contributed by atoms with Crippen molar-refractivity contribution in [2.24, 2.45) is 0 Å². The van der Waals surface area contributed by atoms with E-state index in [1.54, 1.807) is 0 Å². The monoisotopic (exact) mass is 238 g/mol. The molecule has 8 heteroatoms. The molecule has 0 fully saturated rings. The maximum absolute atomic E-state index is 10.7. The van der Waals surface area contributed by atoms with Gasteiger partial charge in [0.2, 0.25) is 0 Å². The Bertz CT molecular complexity index is 292. The largest absolute Gasteiger partial charge is 0.462 e. The summed E-state index contributed by atoms with van der Waals surface area (Å²) in [4.78, 5) is 37.9. The molecule has 7 nitrogen and oxygen atoms in total. The molecule has 0 aromatic rings. The van der Waals surface area contributed by atoms with E-state index in [9.17, 15) is 14.2 Å². The van der Waals surface area contributed by atoms with Crippen LogP contribution >= 0.6 is 7.60 Å². The Morgan fingerprint density at radius 3 is 2.27 bits per heavy atom. The Balaban J connectivity index is 3.61. The number of hydrogen-bond acceptors (Lipinski definition) is 5. The molecule has 0 aliphatic heterocycles. The molecule has 0 saturated heterocycles. The van der Waals surface area contributed by atoms with Crippen LogP contribution in [0.3, 0.4) is 0 Å². The fraction of sp³-hybridized carbons (Fsp3) is 0.429. The van der Waals surface area contributed by atoms with Crippen LogP contribution in [0.4, 0.5) is 0 Å². The van der Waals surface area contributed by atoms with Crippen LogP contribution in [0.25, 0.3) is 0 Å². The molecular formula is C7H11O7P. The molecule has 0 saturated carbocycles. The van der Waals surface area contributed by atoms with Crippen LogP contribution < -0.4 is 0 Å². The maximum Gasteiger partial charge on any atom is 0.336 e. The van der Waals surface area contributed by atoms with Crippen LogP contribution in [0.1, 0.15) is 0 Å². The molecule has 0 unspecified atom stereocenters. The lowest BCUT2D eigenvalue weighted by atomic mass is 10.6. The summed E-state index contributed by atoms with van der Waals surface area (Å²) in [5.74, 6) is -1.71. The molecule has 0 aromatic heterocycles. The molecule has 0 aliphatic rings. The Morgan fingerprint density at radius 2 is 1.80 bits per heavy atom. The zero-order valence-electron chi connectivity index (χ0n) is 7.79. The van der Waals surface area contributed by atoms with E-state index in [4.69, 9.17) is 9.79 Å². The SMILES string of the molecule is C=CC(=O)OCCOC(=O)CP(=O)(O)O. The van der Waals surface area contributed by atoms with E-state index in [2.05, 4.69) is 16.1 Å². The standard InChI is InChI=1S/C7H11O7P/c1-2-6(8)13-3-4-14-7(9)5-15(10,11)12/h2H,1,3-5H2,(H2,10,11,12). The number of carbonyl (C=O) groups is 2. The third kappa shape index (κ3) is 9.14. The number of carbonyl (C=O) groups excluding carboxylic acids is 2. The Kier molecular flexibility index (Phi) is 5.84. The Morgan fingerprint density at radius 1 is 1.27 bits per heavy atom. The molecule has 0 spiro atoms. The highest BCUT2D eigenvalue weighted by Crippen LogP contribution is 2.33. The summed E-state index contributed by atoms with van der Waals surface area (Å²) in [6.07, 6.45) is -0.0418. The first kappa shape index (κ1) is 13.8. The summed E-state index contributed by atoms with van der Waals surface area (Å²) < 4.78 is 19.1. The van der Waals surface area contributed by atoms with Crippen LogP contribution in [0, 0.1) is 0 Å². The molecule has 0 radical (unpaired) electrons. The van der Waals surface area contributed by atoms with Crippen molar-refractivity contribution in [1.29, 1.82) is 0 Å². The average Bonchev–Trinajstić information content (AvgIpc) is 2.09. The van der Waals surface area contributed by atoms with Crippen LogP contribution in [-0.4, -0.2) is 41.1 Å². The highest BCUT2D eigenvalue weighted by Gasteiger charge is 2.19. The number of ether oxygens (including phenoxy) is 2. The van der Waals surface area contributed by atoms with Gasteiger partial charge in [-0.3, -0.25) is 9.36 Å². The van der Waals surface area contributed by atoms with Gasteiger partial charge in [-0.2, -0.15) is 0 Å². The van der Waals surface area contributed by atoms with Crippen molar-refractivity contribution in [2.45, 2.75) is 0 Å². The number of rotatable bonds is 6. The second-order valence-electron chi connectivity index (χ2n) is 2.41. The fourth-order valence-electron chi connectivity index (χ4n) is 0.571. The normalized spacial score (nSPS) is 10.5. The molecule has 0 amide bonds. The minimum atomic E-state index is -4.39. The summed E-state index contributed by atoms with van der Waals surface area (Å²) in [6, 6.07) is 0. The summed E-state index contributed by atoms with van der Waals surface area (Å²) >= 11 is 0. The van der Waals surface area contributed by atoms with Gasteiger partial charge >= 0.3 is 19.5 Å². The van der Waals surface area contributed by atoms with Gasteiger partial charge < -0.3 is 19.3 Å². The summed E-state index contributed by atoms with van der Waals surface area (Å²) in [7, 11) is -4.39. The summed E-state index contributed by atoms with van der Waals surface area (Å²) in [5.41, 5.74) is 0. The van der Waals surface area contributed by atoms with Crippen LogP contribution in [-0.2, 0) is 23.6 Å². The minimum Gasteiger partial charge on any atom is -0.462 e. The zero-order chi connectivity index (χ0) is 11.9. The molecule has 2 N–H and O–H groups in total. The van der Waals surface area contributed by atoms with Gasteiger partial charge in [-0.15, -0.1) is 0 Å². The van der Waals surface area contributed by atoms with Gasteiger partial charge in [-0.25, -0.2) is 4.79 Å². The molecule has 15 heavy (non-hydrogen) atoms. The number of hydrogen-bond donors (Lipinski definition) is 2. The summed E-state index contributed by atoms with van der Waals surface area (Å²) in [6.45, 7) is 2.70. The van der Waals surface area contributed by atoms with E-state index >= 15 is 0 Å². The average molecular weight is 238 g/mol. The molecule has 0 bridgehead atoms. The predicted molar refractivity (Wildman–Crippen MR) is 49.0 cm³/mol. The molecular weight excluding hydrogens is 227 g/mol. The maximum atomic E-state index is 10.7. The van der Waals surface area contributed by atoms with Crippen LogP contribution in [0.2, 0.25) is 0 Å². The first-order chi connectivity index (χ1) is 6.85. The van der Waals surface area contributed by atoms with Crippen molar-refractivity contribution in [2.75, 3.05) is 19.4 Å². The van der Waals surface area contributed by atoms with Crippen LogP contribution in [0.5, 0.6) is 0 Å². The lowest BCUT2D eigenvalue weighted by Crippen LogP contribution is -2.15. The topological polar surface area (TPSA) is 110 Å². The second-order valence-corrected chi connectivity index (χ2v) is 4.06. The third-order valence-electron chi connectivity index (χ3n) is 1.09. The molecule has 86 valence electrons.